The first-order valence-corrected chi connectivity index (χ1v) is 7.38. The molecule has 1 heterocycles. The molecule has 112 valence electrons. The zero-order valence-corrected chi connectivity index (χ0v) is 12.9. The van der Waals surface area contributed by atoms with Gasteiger partial charge in [-0.3, -0.25) is 0 Å². The molecule has 22 heavy (non-hydrogen) atoms. The number of rotatable bonds is 7. The third-order valence-electron chi connectivity index (χ3n) is 2.77. The van der Waals surface area contributed by atoms with Gasteiger partial charge in [-0.2, -0.15) is 0 Å². The Morgan fingerprint density at radius 3 is 2.82 bits per heavy atom. The van der Waals surface area contributed by atoms with E-state index in [9.17, 15) is 0 Å². The molecule has 0 aliphatic rings. The van der Waals surface area contributed by atoms with Crippen LogP contribution in [0.25, 0.3) is 6.08 Å². The molecule has 0 unspecified atom stereocenters. The maximum Gasteiger partial charge on any atom is 0.199 e. The highest BCUT2D eigenvalue weighted by atomic mass is 32.2. The Kier molecular flexibility index (Phi) is 5.74. The summed E-state index contributed by atoms with van der Waals surface area (Å²) in [5.41, 5.74) is 8.48. The fraction of sp³-hybridized carbons (Fsp3) is 0. The molecule has 0 bridgehead atoms. The standard InChI is InChI=1S/C18H17NO2S/c1-3-6-14(4-2)8-9-15-13-16(10-11-17(15)19)21-22-18-7-5-12-20-18/h3-13H,1-2,19H2/b9-8+,14-6+. The van der Waals surface area contributed by atoms with Crippen LogP contribution in [0.2, 0.25) is 0 Å². The van der Waals surface area contributed by atoms with Crippen LogP contribution in [0.5, 0.6) is 5.75 Å². The Bertz CT molecular complexity index is 700. The first kappa shape index (κ1) is 15.8. The molecule has 2 rings (SSSR count). The Morgan fingerprint density at radius 2 is 2.14 bits per heavy atom. The average Bonchev–Trinajstić information content (AvgIpc) is 3.05. The number of nitrogens with two attached hydrogens (primary N) is 1. The Morgan fingerprint density at radius 1 is 1.27 bits per heavy atom. The van der Waals surface area contributed by atoms with Crippen molar-refractivity contribution in [2.75, 3.05) is 5.73 Å². The van der Waals surface area contributed by atoms with Crippen molar-refractivity contribution >= 4 is 23.8 Å². The summed E-state index contributed by atoms with van der Waals surface area (Å²) in [6, 6.07) is 9.14. The van der Waals surface area contributed by atoms with Crippen molar-refractivity contribution in [3.05, 3.63) is 85.2 Å². The van der Waals surface area contributed by atoms with Gasteiger partial charge in [-0.15, -0.1) is 0 Å². The normalized spacial score (nSPS) is 11.5. The molecule has 0 atom stereocenters. The molecule has 0 saturated heterocycles. The van der Waals surface area contributed by atoms with E-state index >= 15 is 0 Å². The number of hydrogen-bond acceptors (Lipinski definition) is 4. The van der Waals surface area contributed by atoms with Crippen molar-refractivity contribution in [3.63, 3.8) is 0 Å². The van der Waals surface area contributed by atoms with Crippen LogP contribution in [0.4, 0.5) is 5.69 Å². The van der Waals surface area contributed by atoms with Crippen LogP contribution in [0.15, 0.2) is 89.1 Å². The van der Waals surface area contributed by atoms with Crippen molar-refractivity contribution in [3.8, 4) is 5.75 Å². The van der Waals surface area contributed by atoms with E-state index < -0.39 is 0 Å². The van der Waals surface area contributed by atoms with Gasteiger partial charge >= 0.3 is 0 Å². The summed E-state index contributed by atoms with van der Waals surface area (Å²) in [6.45, 7) is 7.42. The maximum absolute atomic E-state index is 5.98. The number of anilines is 1. The second-order valence-corrected chi connectivity index (χ2v) is 5.07. The molecule has 0 aliphatic carbocycles. The average molecular weight is 311 g/mol. The minimum Gasteiger partial charge on any atom is -0.455 e. The van der Waals surface area contributed by atoms with E-state index in [2.05, 4.69) is 13.2 Å². The number of hydrogen-bond donors (Lipinski definition) is 1. The summed E-state index contributed by atoms with van der Waals surface area (Å²) in [6.07, 6.45) is 10.8. The van der Waals surface area contributed by atoms with E-state index in [1.54, 1.807) is 18.4 Å². The Hall–Kier alpha value is -2.59. The van der Waals surface area contributed by atoms with Gasteiger partial charge in [0.15, 0.2) is 5.09 Å². The molecule has 0 radical (unpaired) electrons. The number of furan rings is 1. The smallest absolute Gasteiger partial charge is 0.199 e. The van der Waals surface area contributed by atoms with Crippen molar-refractivity contribution in [1.82, 2.24) is 0 Å². The quantitative estimate of drug-likeness (QED) is 0.430. The molecule has 1 aromatic carbocycles. The number of allylic oxidation sites excluding steroid dienone is 5. The molecule has 2 aromatic rings. The highest BCUT2D eigenvalue weighted by Crippen LogP contribution is 2.27. The molecule has 0 spiro atoms. The first-order chi connectivity index (χ1) is 10.7. The minimum atomic E-state index is 0.675. The third kappa shape index (κ3) is 4.46. The zero-order chi connectivity index (χ0) is 15.8. The van der Waals surface area contributed by atoms with Crippen LogP contribution < -0.4 is 9.92 Å². The van der Waals surface area contributed by atoms with E-state index in [-0.39, 0.29) is 0 Å². The molecule has 2 N–H and O–H groups in total. The predicted molar refractivity (Wildman–Crippen MR) is 93.6 cm³/mol. The summed E-state index contributed by atoms with van der Waals surface area (Å²) in [5.74, 6) is 0.697. The molecule has 0 saturated carbocycles. The lowest BCUT2D eigenvalue weighted by Gasteiger charge is -2.05. The van der Waals surface area contributed by atoms with Gasteiger partial charge in [0, 0.05) is 11.3 Å². The first-order valence-electron chi connectivity index (χ1n) is 6.63. The molecule has 0 aliphatic heterocycles. The van der Waals surface area contributed by atoms with Crippen molar-refractivity contribution in [2.24, 2.45) is 0 Å². The Labute approximate surface area is 134 Å². The van der Waals surface area contributed by atoms with Crippen LogP contribution in [0.3, 0.4) is 0 Å². The fourth-order valence-corrected chi connectivity index (χ4v) is 2.17. The summed E-state index contributed by atoms with van der Waals surface area (Å²) in [4.78, 5) is 0. The van der Waals surface area contributed by atoms with E-state index in [1.165, 1.54) is 0 Å². The van der Waals surface area contributed by atoms with E-state index in [0.29, 0.717) is 16.5 Å². The van der Waals surface area contributed by atoms with Gasteiger partial charge in [-0.1, -0.05) is 43.5 Å². The molecule has 0 fully saturated rings. The molecule has 0 amide bonds. The van der Waals surface area contributed by atoms with Crippen molar-refractivity contribution < 1.29 is 8.60 Å². The van der Waals surface area contributed by atoms with Crippen LogP contribution in [-0.4, -0.2) is 0 Å². The van der Waals surface area contributed by atoms with Crippen LogP contribution in [0.1, 0.15) is 5.56 Å². The molecule has 1 aromatic heterocycles. The highest BCUT2D eigenvalue weighted by molar-refractivity contribution is 7.94. The fourth-order valence-electron chi connectivity index (χ4n) is 1.66. The lowest BCUT2D eigenvalue weighted by Crippen LogP contribution is -1.90. The summed E-state index contributed by atoms with van der Waals surface area (Å²) < 4.78 is 10.8. The van der Waals surface area contributed by atoms with Crippen molar-refractivity contribution in [2.45, 2.75) is 5.09 Å². The van der Waals surface area contributed by atoms with Gasteiger partial charge in [0.1, 0.15) is 17.8 Å². The minimum absolute atomic E-state index is 0.675. The van der Waals surface area contributed by atoms with E-state index in [0.717, 1.165) is 23.2 Å². The van der Waals surface area contributed by atoms with Gasteiger partial charge in [0.2, 0.25) is 0 Å². The van der Waals surface area contributed by atoms with Crippen LogP contribution in [0, 0.1) is 0 Å². The zero-order valence-electron chi connectivity index (χ0n) is 12.1. The highest BCUT2D eigenvalue weighted by Gasteiger charge is 2.03. The van der Waals surface area contributed by atoms with Crippen molar-refractivity contribution in [1.29, 1.82) is 0 Å². The van der Waals surface area contributed by atoms with Gasteiger partial charge in [-0.25, -0.2) is 0 Å². The molecule has 4 heteroatoms. The largest absolute Gasteiger partial charge is 0.455 e. The van der Waals surface area contributed by atoms with Gasteiger partial charge in [0.05, 0.1) is 6.26 Å². The van der Waals surface area contributed by atoms with E-state index in [4.69, 9.17) is 14.3 Å². The second-order valence-electron chi connectivity index (χ2n) is 4.33. The van der Waals surface area contributed by atoms with Gasteiger partial charge < -0.3 is 14.3 Å². The van der Waals surface area contributed by atoms with Gasteiger partial charge in [-0.05, 0) is 35.9 Å². The SMILES string of the molecule is C=C/C=C(C=C)/C=C/c1cc(OSc2ccco2)ccc1N. The monoisotopic (exact) mass is 311 g/mol. The van der Waals surface area contributed by atoms with Gasteiger partial charge in [0.25, 0.3) is 0 Å². The second kappa shape index (κ2) is 8.00. The molecule has 3 nitrogen and oxygen atoms in total. The molecular weight excluding hydrogens is 294 g/mol. The molecular formula is C18H17NO2S. The number of nitrogen functional groups attached to an aromatic ring is 1. The topological polar surface area (TPSA) is 48.4 Å². The Balaban J connectivity index is 2.12. The lowest BCUT2D eigenvalue weighted by molar-refractivity contribution is 0.463. The summed E-state index contributed by atoms with van der Waals surface area (Å²) >= 11 is 1.16. The van der Waals surface area contributed by atoms with Crippen LogP contribution in [-0.2, 0) is 0 Å². The summed E-state index contributed by atoms with van der Waals surface area (Å²) in [7, 11) is 0. The third-order valence-corrected chi connectivity index (χ3v) is 3.45. The summed E-state index contributed by atoms with van der Waals surface area (Å²) in [5, 5.41) is 0.691. The van der Waals surface area contributed by atoms with E-state index in [1.807, 2.05) is 48.6 Å². The maximum atomic E-state index is 5.98. The predicted octanol–water partition coefficient (Wildman–Crippen LogP) is 5.26. The lowest BCUT2D eigenvalue weighted by atomic mass is 10.1. The number of benzene rings is 1. The van der Waals surface area contributed by atoms with Crippen LogP contribution >= 0.6 is 12.0 Å².